The van der Waals surface area contributed by atoms with E-state index in [4.69, 9.17) is 10.5 Å². The van der Waals surface area contributed by atoms with E-state index >= 15 is 0 Å². The van der Waals surface area contributed by atoms with E-state index < -0.39 is 5.60 Å². The van der Waals surface area contributed by atoms with Gasteiger partial charge in [0.25, 0.3) is 0 Å². The molecule has 4 nitrogen and oxygen atoms in total. The van der Waals surface area contributed by atoms with Crippen LogP contribution in [0.15, 0.2) is 0 Å². The fourth-order valence-corrected chi connectivity index (χ4v) is 3.91. The van der Waals surface area contributed by atoms with Gasteiger partial charge < -0.3 is 15.8 Å². The summed E-state index contributed by atoms with van der Waals surface area (Å²) in [5.41, 5.74) is 5.74. The number of ether oxygens (including phenoxy) is 1. The first kappa shape index (κ1) is 15.6. The van der Waals surface area contributed by atoms with Gasteiger partial charge in [-0.3, -0.25) is 0 Å². The van der Waals surface area contributed by atoms with Gasteiger partial charge in [-0.2, -0.15) is 0 Å². The summed E-state index contributed by atoms with van der Waals surface area (Å²) in [4.78, 5) is 12.3. The lowest BCUT2D eigenvalue weighted by Gasteiger charge is -2.46. The molecule has 20 heavy (non-hydrogen) atoms. The molecule has 0 heterocycles. The molecular formula is C16H30N2O2. The molecule has 2 aliphatic carbocycles. The Balaban J connectivity index is 2.14. The Bertz CT molecular complexity index is 361. The van der Waals surface area contributed by atoms with Crippen molar-refractivity contribution in [2.45, 2.75) is 89.8 Å². The summed E-state index contributed by atoms with van der Waals surface area (Å²) >= 11 is 0. The van der Waals surface area contributed by atoms with Crippen molar-refractivity contribution in [3.63, 3.8) is 0 Å². The van der Waals surface area contributed by atoms with E-state index in [0.717, 1.165) is 25.7 Å². The van der Waals surface area contributed by atoms with Crippen LogP contribution in [0.5, 0.6) is 0 Å². The van der Waals surface area contributed by atoms with Crippen LogP contribution >= 0.6 is 0 Å². The van der Waals surface area contributed by atoms with Gasteiger partial charge in [0.15, 0.2) is 0 Å². The molecule has 0 aromatic carbocycles. The summed E-state index contributed by atoms with van der Waals surface area (Å²) in [7, 11) is 0. The van der Waals surface area contributed by atoms with E-state index in [2.05, 4.69) is 12.2 Å². The van der Waals surface area contributed by atoms with Crippen LogP contribution < -0.4 is 11.1 Å². The Morgan fingerprint density at radius 2 is 1.70 bits per heavy atom. The van der Waals surface area contributed by atoms with Crippen molar-refractivity contribution in [3.05, 3.63) is 0 Å². The molecule has 2 fully saturated rings. The number of alkyl carbamates (subject to hydrolysis) is 1. The van der Waals surface area contributed by atoms with Crippen molar-refractivity contribution >= 4 is 6.09 Å². The van der Waals surface area contributed by atoms with Crippen LogP contribution in [-0.2, 0) is 4.74 Å². The monoisotopic (exact) mass is 282 g/mol. The van der Waals surface area contributed by atoms with Gasteiger partial charge in [-0.15, -0.1) is 0 Å². The number of hydrogen-bond donors (Lipinski definition) is 2. The van der Waals surface area contributed by atoms with E-state index in [-0.39, 0.29) is 23.1 Å². The maximum absolute atomic E-state index is 12.3. The summed E-state index contributed by atoms with van der Waals surface area (Å²) in [6, 6.07) is 0.121. The molecule has 2 aliphatic rings. The number of amides is 1. The highest BCUT2D eigenvalue weighted by Crippen LogP contribution is 2.60. The molecule has 1 atom stereocenters. The highest BCUT2D eigenvalue weighted by atomic mass is 16.6. The number of rotatable bonds is 3. The fourth-order valence-electron chi connectivity index (χ4n) is 3.91. The molecule has 1 amide bonds. The Morgan fingerprint density at radius 1 is 1.15 bits per heavy atom. The topological polar surface area (TPSA) is 64.3 Å². The molecule has 0 aliphatic heterocycles. The Kier molecular flexibility index (Phi) is 4.07. The van der Waals surface area contributed by atoms with Gasteiger partial charge >= 0.3 is 6.09 Å². The van der Waals surface area contributed by atoms with Gasteiger partial charge in [-0.1, -0.05) is 19.3 Å². The summed E-state index contributed by atoms with van der Waals surface area (Å²) in [5.74, 6) is 0. The van der Waals surface area contributed by atoms with Gasteiger partial charge in [-0.05, 0) is 53.4 Å². The number of nitrogens with one attached hydrogen (secondary N) is 1. The highest BCUT2D eigenvalue weighted by Gasteiger charge is 2.61. The molecule has 0 spiro atoms. The average molecular weight is 282 g/mol. The van der Waals surface area contributed by atoms with Gasteiger partial charge in [0.05, 0.1) is 5.54 Å². The summed E-state index contributed by atoms with van der Waals surface area (Å²) < 4.78 is 5.48. The van der Waals surface area contributed by atoms with Crippen LogP contribution in [0.25, 0.3) is 0 Å². The number of hydrogen-bond acceptors (Lipinski definition) is 3. The molecule has 0 aromatic rings. The Morgan fingerprint density at radius 3 is 2.10 bits per heavy atom. The summed E-state index contributed by atoms with van der Waals surface area (Å²) in [6.45, 7) is 7.79. The quantitative estimate of drug-likeness (QED) is 0.834. The molecule has 0 aromatic heterocycles. The maximum atomic E-state index is 12.3. The second-order valence-electron chi connectivity index (χ2n) is 7.71. The van der Waals surface area contributed by atoms with Crippen molar-refractivity contribution in [2.24, 2.45) is 11.1 Å². The lowest BCUT2D eigenvalue weighted by molar-refractivity contribution is 0.0294. The fraction of sp³-hybridized carbons (Fsp3) is 0.938. The normalized spacial score (nSPS) is 25.6. The first-order valence-electron chi connectivity index (χ1n) is 7.98. The smallest absolute Gasteiger partial charge is 0.408 e. The lowest BCUT2D eigenvalue weighted by Crippen LogP contribution is -2.61. The minimum absolute atomic E-state index is 0.0876. The summed E-state index contributed by atoms with van der Waals surface area (Å²) in [6.07, 6.45) is 7.63. The third-order valence-corrected chi connectivity index (χ3v) is 5.06. The first-order chi connectivity index (χ1) is 9.21. The van der Waals surface area contributed by atoms with Crippen LogP contribution in [0.1, 0.15) is 72.6 Å². The van der Waals surface area contributed by atoms with Gasteiger partial charge in [0.2, 0.25) is 0 Å². The average Bonchev–Trinajstić information content (AvgIpc) is 3.08. The SMILES string of the molecule is CC(N)C1(C2(NC(=O)OC(C)(C)C)CCCCC2)CC1. The van der Waals surface area contributed by atoms with E-state index in [0.29, 0.717) is 0 Å². The Labute approximate surface area is 122 Å². The third kappa shape index (κ3) is 2.95. The Hall–Kier alpha value is -0.770. The second-order valence-corrected chi connectivity index (χ2v) is 7.71. The van der Waals surface area contributed by atoms with Crippen molar-refractivity contribution < 1.29 is 9.53 Å². The van der Waals surface area contributed by atoms with E-state index in [1.807, 2.05) is 20.8 Å². The van der Waals surface area contributed by atoms with Crippen molar-refractivity contribution in [1.29, 1.82) is 0 Å². The lowest BCUT2D eigenvalue weighted by atomic mass is 9.67. The molecule has 0 radical (unpaired) electrons. The zero-order valence-electron chi connectivity index (χ0n) is 13.4. The largest absolute Gasteiger partial charge is 0.444 e. The molecule has 2 rings (SSSR count). The van der Waals surface area contributed by atoms with Gasteiger partial charge in [0.1, 0.15) is 5.60 Å². The predicted octanol–water partition coefficient (Wildman–Crippen LogP) is 3.34. The number of carbonyl (C=O) groups is 1. The maximum Gasteiger partial charge on any atom is 0.408 e. The van der Waals surface area contributed by atoms with E-state index in [1.54, 1.807) is 0 Å². The van der Waals surface area contributed by atoms with Crippen LogP contribution in [0, 0.1) is 5.41 Å². The first-order valence-corrected chi connectivity index (χ1v) is 7.98. The third-order valence-electron chi connectivity index (χ3n) is 5.06. The second kappa shape index (κ2) is 5.21. The molecular weight excluding hydrogens is 252 g/mol. The van der Waals surface area contributed by atoms with Gasteiger partial charge in [0, 0.05) is 11.5 Å². The summed E-state index contributed by atoms with van der Waals surface area (Å²) in [5, 5.41) is 3.23. The highest BCUT2D eigenvalue weighted by molar-refractivity contribution is 5.69. The van der Waals surface area contributed by atoms with Crippen molar-refractivity contribution in [1.82, 2.24) is 5.32 Å². The number of carbonyl (C=O) groups excluding carboxylic acids is 1. The molecule has 3 N–H and O–H groups in total. The van der Waals surface area contributed by atoms with Crippen molar-refractivity contribution in [2.75, 3.05) is 0 Å². The van der Waals surface area contributed by atoms with Crippen LogP contribution in [0.4, 0.5) is 4.79 Å². The van der Waals surface area contributed by atoms with E-state index in [9.17, 15) is 4.79 Å². The molecule has 0 saturated heterocycles. The van der Waals surface area contributed by atoms with Crippen LogP contribution in [-0.4, -0.2) is 23.3 Å². The number of nitrogens with two attached hydrogens (primary N) is 1. The standard InChI is InChI=1S/C16H30N2O2/c1-12(17)15(10-11-15)16(8-6-5-7-9-16)18-13(19)20-14(2,3)4/h12H,5-11,17H2,1-4H3,(H,18,19). The van der Waals surface area contributed by atoms with Crippen LogP contribution in [0.3, 0.4) is 0 Å². The van der Waals surface area contributed by atoms with Crippen molar-refractivity contribution in [3.8, 4) is 0 Å². The minimum atomic E-state index is -0.453. The van der Waals surface area contributed by atoms with E-state index in [1.165, 1.54) is 19.3 Å². The zero-order chi connectivity index (χ0) is 15.0. The molecule has 0 bridgehead atoms. The van der Waals surface area contributed by atoms with Crippen LogP contribution in [0.2, 0.25) is 0 Å². The zero-order valence-corrected chi connectivity index (χ0v) is 13.4. The van der Waals surface area contributed by atoms with Gasteiger partial charge in [-0.25, -0.2) is 4.79 Å². The molecule has 2 saturated carbocycles. The molecule has 4 heteroatoms. The minimum Gasteiger partial charge on any atom is -0.444 e. The predicted molar refractivity (Wildman–Crippen MR) is 80.5 cm³/mol. The molecule has 1 unspecified atom stereocenters. The molecule has 116 valence electrons.